The number of benzene rings is 2. The van der Waals surface area contributed by atoms with Crippen molar-refractivity contribution in [1.82, 2.24) is 15.1 Å². The molecule has 0 atom stereocenters. The van der Waals surface area contributed by atoms with E-state index in [9.17, 15) is 0 Å². The molecule has 0 spiro atoms. The summed E-state index contributed by atoms with van der Waals surface area (Å²) in [6.45, 7) is 5.42. The second kappa shape index (κ2) is 8.46. The fourth-order valence-electron chi connectivity index (χ4n) is 3.43. The van der Waals surface area contributed by atoms with Crippen LogP contribution < -0.4 is 0 Å². The first-order chi connectivity index (χ1) is 13.3. The average molecular weight is 363 g/mol. The van der Waals surface area contributed by atoms with Gasteiger partial charge in [0.15, 0.2) is 0 Å². The normalized spacial score (nSPS) is 15.9. The molecule has 0 aliphatic carbocycles. The highest BCUT2D eigenvalue weighted by Gasteiger charge is 2.21. The smallest absolute Gasteiger partial charge is 0.247 e. The van der Waals surface area contributed by atoms with Crippen LogP contribution in [0.25, 0.3) is 11.5 Å². The summed E-state index contributed by atoms with van der Waals surface area (Å²) in [5.41, 5.74) is 3.39. The zero-order chi connectivity index (χ0) is 18.5. The van der Waals surface area contributed by atoms with Crippen LogP contribution in [0.3, 0.4) is 0 Å². The third-order valence-electron chi connectivity index (χ3n) is 4.95. The maximum Gasteiger partial charge on any atom is 0.247 e. The van der Waals surface area contributed by atoms with E-state index in [1.165, 1.54) is 11.1 Å². The Kier molecular flexibility index (Phi) is 5.61. The molecular weight excluding hydrogens is 338 g/mol. The molecule has 2 aromatic carbocycles. The molecule has 1 aliphatic heterocycles. The van der Waals surface area contributed by atoms with E-state index in [-0.39, 0.29) is 0 Å². The van der Waals surface area contributed by atoms with Gasteiger partial charge < -0.3 is 9.15 Å². The van der Waals surface area contributed by atoms with Crippen molar-refractivity contribution in [2.45, 2.75) is 39.0 Å². The summed E-state index contributed by atoms with van der Waals surface area (Å²) in [5.74, 6) is 1.27. The second-order valence-electron chi connectivity index (χ2n) is 7.14. The van der Waals surface area contributed by atoms with Crippen LogP contribution in [0.15, 0.2) is 59.0 Å². The van der Waals surface area contributed by atoms with Crippen LogP contribution in [-0.2, 0) is 17.9 Å². The van der Waals surface area contributed by atoms with Crippen LogP contribution in [-0.4, -0.2) is 34.3 Å². The van der Waals surface area contributed by atoms with Crippen molar-refractivity contribution in [3.05, 3.63) is 71.6 Å². The minimum absolute atomic E-state index is 0.326. The van der Waals surface area contributed by atoms with Gasteiger partial charge in [-0.3, -0.25) is 4.90 Å². The largest absolute Gasteiger partial charge is 0.419 e. The Labute approximate surface area is 160 Å². The van der Waals surface area contributed by atoms with Gasteiger partial charge in [0.05, 0.1) is 19.3 Å². The van der Waals surface area contributed by atoms with Gasteiger partial charge in [-0.05, 0) is 37.5 Å². The molecule has 1 aliphatic rings. The number of hydrogen-bond donors (Lipinski definition) is 0. The Bertz CT molecular complexity index is 855. The number of piperidine rings is 1. The molecule has 4 rings (SSSR count). The monoisotopic (exact) mass is 363 g/mol. The van der Waals surface area contributed by atoms with Gasteiger partial charge in [-0.2, -0.15) is 0 Å². The van der Waals surface area contributed by atoms with Crippen LogP contribution in [0.1, 0.15) is 29.9 Å². The lowest BCUT2D eigenvalue weighted by molar-refractivity contribution is -0.00526. The maximum absolute atomic E-state index is 6.06. The zero-order valence-electron chi connectivity index (χ0n) is 15.7. The summed E-state index contributed by atoms with van der Waals surface area (Å²) in [5, 5.41) is 8.42. The van der Waals surface area contributed by atoms with Gasteiger partial charge in [0.25, 0.3) is 0 Å². The number of nitrogens with zero attached hydrogens (tertiary/aromatic N) is 3. The fourth-order valence-corrected chi connectivity index (χ4v) is 3.43. The lowest BCUT2D eigenvalue weighted by atomic mass is 10.1. The number of ether oxygens (including phenoxy) is 1. The summed E-state index contributed by atoms with van der Waals surface area (Å²) in [6.07, 6.45) is 2.39. The van der Waals surface area contributed by atoms with E-state index < -0.39 is 0 Å². The fraction of sp³-hybridized carbons (Fsp3) is 0.364. The number of aromatic nitrogens is 2. The third-order valence-corrected chi connectivity index (χ3v) is 4.95. The molecule has 5 heteroatoms. The first kappa shape index (κ1) is 17.9. The predicted molar refractivity (Wildman–Crippen MR) is 104 cm³/mol. The van der Waals surface area contributed by atoms with Gasteiger partial charge in [-0.1, -0.05) is 48.0 Å². The third kappa shape index (κ3) is 4.81. The number of aryl methyl sites for hydroxylation is 1. The van der Waals surface area contributed by atoms with E-state index in [4.69, 9.17) is 9.15 Å². The van der Waals surface area contributed by atoms with Gasteiger partial charge in [0.2, 0.25) is 11.8 Å². The van der Waals surface area contributed by atoms with Crippen molar-refractivity contribution in [2.24, 2.45) is 0 Å². The van der Waals surface area contributed by atoms with Crippen LogP contribution in [0.2, 0.25) is 0 Å². The highest BCUT2D eigenvalue weighted by Crippen LogP contribution is 2.21. The van der Waals surface area contributed by atoms with Crippen molar-refractivity contribution < 1.29 is 9.15 Å². The van der Waals surface area contributed by atoms with E-state index in [0.29, 0.717) is 31.0 Å². The maximum atomic E-state index is 6.06. The molecule has 5 nitrogen and oxygen atoms in total. The van der Waals surface area contributed by atoms with Crippen LogP contribution in [0.4, 0.5) is 0 Å². The molecule has 140 valence electrons. The minimum Gasteiger partial charge on any atom is -0.419 e. The topological polar surface area (TPSA) is 51.4 Å². The lowest BCUT2D eigenvalue weighted by Crippen LogP contribution is -2.36. The molecule has 0 radical (unpaired) electrons. The zero-order valence-corrected chi connectivity index (χ0v) is 15.7. The predicted octanol–water partition coefficient (Wildman–Crippen LogP) is 4.23. The highest BCUT2D eigenvalue weighted by atomic mass is 16.5. The molecule has 27 heavy (non-hydrogen) atoms. The Morgan fingerprint density at radius 1 is 1.04 bits per heavy atom. The molecule has 0 N–H and O–H groups in total. The van der Waals surface area contributed by atoms with E-state index in [2.05, 4.69) is 58.4 Å². The summed E-state index contributed by atoms with van der Waals surface area (Å²) in [6, 6.07) is 18.5. The first-order valence-corrected chi connectivity index (χ1v) is 9.53. The minimum atomic E-state index is 0.326. The quantitative estimate of drug-likeness (QED) is 0.656. The first-order valence-electron chi connectivity index (χ1n) is 9.53. The second-order valence-corrected chi connectivity index (χ2v) is 7.14. The summed E-state index contributed by atoms with van der Waals surface area (Å²) in [7, 11) is 0. The molecule has 3 aromatic rings. The summed E-state index contributed by atoms with van der Waals surface area (Å²) < 4.78 is 11.9. The van der Waals surface area contributed by atoms with Crippen LogP contribution >= 0.6 is 0 Å². The van der Waals surface area contributed by atoms with Crippen molar-refractivity contribution in [3.8, 4) is 11.5 Å². The highest BCUT2D eigenvalue weighted by molar-refractivity contribution is 5.53. The van der Waals surface area contributed by atoms with Crippen molar-refractivity contribution >= 4 is 0 Å². The van der Waals surface area contributed by atoms with E-state index >= 15 is 0 Å². The van der Waals surface area contributed by atoms with Crippen molar-refractivity contribution in [2.75, 3.05) is 13.1 Å². The average Bonchev–Trinajstić information content (AvgIpc) is 3.17. The SMILES string of the molecule is Cc1cccc(-c2nnc(CN3CCC(OCc4ccccc4)CC3)o2)c1. The molecule has 1 fully saturated rings. The molecule has 2 heterocycles. The molecule has 1 aromatic heterocycles. The molecule has 0 bridgehead atoms. The number of hydrogen-bond acceptors (Lipinski definition) is 5. The summed E-state index contributed by atoms with van der Waals surface area (Å²) in [4.78, 5) is 2.36. The molecular formula is C22H25N3O2. The number of likely N-dealkylation sites (tertiary alicyclic amines) is 1. The van der Waals surface area contributed by atoms with Crippen LogP contribution in [0, 0.1) is 6.92 Å². The molecule has 0 amide bonds. The molecule has 0 unspecified atom stereocenters. The van der Waals surface area contributed by atoms with Gasteiger partial charge in [-0.15, -0.1) is 10.2 Å². The van der Waals surface area contributed by atoms with E-state index in [1.807, 2.05) is 18.2 Å². The molecule has 1 saturated heterocycles. The molecule has 0 saturated carbocycles. The Balaban J connectivity index is 1.26. The number of rotatable bonds is 6. The van der Waals surface area contributed by atoms with E-state index in [0.717, 1.165) is 31.5 Å². The van der Waals surface area contributed by atoms with Gasteiger partial charge in [0, 0.05) is 18.7 Å². The Morgan fingerprint density at radius 2 is 1.85 bits per heavy atom. The summed E-state index contributed by atoms with van der Waals surface area (Å²) >= 11 is 0. The van der Waals surface area contributed by atoms with Gasteiger partial charge in [-0.25, -0.2) is 0 Å². The van der Waals surface area contributed by atoms with Gasteiger partial charge in [0.1, 0.15) is 0 Å². The van der Waals surface area contributed by atoms with Gasteiger partial charge >= 0.3 is 0 Å². The lowest BCUT2D eigenvalue weighted by Gasteiger charge is -2.30. The van der Waals surface area contributed by atoms with Crippen molar-refractivity contribution in [1.29, 1.82) is 0 Å². The standard InChI is InChI=1S/C22H25N3O2/c1-17-6-5-9-19(14-17)22-24-23-21(27-22)15-25-12-10-20(11-13-25)26-16-18-7-3-2-4-8-18/h2-9,14,20H,10-13,15-16H2,1H3. The Morgan fingerprint density at radius 3 is 2.63 bits per heavy atom. The van der Waals surface area contributed by atoms with E-state index in [1.54, 1.807) is 0 Å². The Hall–Kier alpha value is -2.50. The van der Waals surface area contributed by atoms with Crippen molar-refractivity contribution in [3.63, 3.8) is 0 Å². The van der Waals surface area contributed by atoms with Crippen LogP contribution in [0.5, 0.6) is 0 Å².